The molecular formula is C11H16BrClN2. The third kappa shape index (κ3) is 4.98. The number of hydrogen-bond donors (Lipinski definition) is 2. The topological polar surface area (TPSA) is 24.1 Å². The molecule has 1 rings (SSSR count). The first kappa shape index (κ1) is 13.0. The van der Waals surface area contributed by atoms with E-state index in [1.807, 2.05) is 25.2 Å². The molecule has 2 nitrogen and oxygen atoms in total. The Morgan fingerprint density at radius 3 is 2.87 bits per heavy atom. The molecule has 0 aliphatic carbocycles. The lowest BCUT2D eigenvalue weighted by atomic mass is 10.2. The fourth-order valence-corrected chi connectivity index (χ4v) is 1.87. The zero-order valence-electron chi connectivity index (χ0n) is 8.82. The molecule has 0 spiro atoms. The normalized spacial score (nSPS) is 10.6. The minimum Gasteiger partial charge on any atom is -0.320 e. The summed E-state index contributed by atoms with van der Waals surface area (Å²) < 4.78 is 1.10. The number of benzene rings is 1. The molecule has 15 heavy (non-hydrogen) atoms. The zero-order valence-corrected chi connectivity index (χ0v) is 11.2. The van der Waals surface area contributed by atoms with E-state index < -0.39 is 0 Å². The summed E-state index contributed by atoms with van der Waals surface area (Å²) in [4.78, 5) is 0. The minimum absolute atomic E-state index is 0.783. The van der Waals surface area contributed by atoms with E-state index in [1.165, 1.54) is 5.56 Å². The van der Waals surface area contributed by atoms with Crippen LogP contribution < -0.4 is 10.6 Å². The van der Waals surface area contributed by atoms with Gasteiger partial charge < -0.3 is 10.6 Å². The van der Waals surface area contributed by atoms with E-state index in [0.29, 0.717) is 0 Å². The number of nitrogens with one attached hydrogen (secondary N) is 2. The standard InChI is InChI=1S/C11H16BrClN2/c1-14-5-2-6-15-8-9-7-10(13)3-4-11(9)12/h3-4,7,14-15H,2,5-6,8H2,1H3. The van der Waals surface area contributed by atoms with Crippen LogP contribution in [-0.2, 0) is 6.54 Å². The zero-order chi connectivity index (χ0) is 11.1. The van der Waals surface area contributed by atoms with E-state index in [0.717, 1.165) is 35.6 Å². The van der Waals surface area contributed by atoms with E-state index in [1.54, 1.807) is 0 Å². The van der Waals surface area contributed by atoms with Crippen LogP contribution in [0.4, 0.5) is 0 Å². The predicted octanol–water partition coefficient (Wildman–Crippen LogP) is 2.80. The first-order valence-corrected chi connectivity index (χ1v) is 6.20. The second-order valence-electron chi connectivity index (χ2n) is 3.37. The lowest BCUT2D eigenvalue weighted by molar-refractivity contribution is 0.624. The smallest absolute Gasteiger partial charge is 0.0410 e. The van der Waals surface area contributed by atoms with Crippen molar-refractivity contribution in [1.29, 1.82) is 0 Å². The molecule has 1 aromatic rings. The van der Waals surface area contributed by atoms with Gasteiger partial charge in [-0.2, -0.15) is 0 Å². The van der Waals surface area contributed by atoms with Gasteiger partial charge >= 0.3 is 0 Å². The van der Waals surface area contributed by atoms with Crippen LogP contribution >= 0.6 is 27.5 Å². The predicted molar refractivity (Wildman–Crippen MR) is 69.4 cm³/mol. The molecule has 0 heterocycles. The van der Waals surface area contributed by atoms with Crippen LogP contribution in [0.2, 0.25) is 5.02 Å². The Bertz CT molecular complexity index is 305. The van der Waals surface area contributed by atoms with Crippen molar-refractivity contribution in [3.63, 3.8) is 0 Å². The van der Waals surface area contributed by atoms with Crippen LogP contribution in [0.3, 0.4) is 0 Å². The maximum Gasteiger partial charge on any atom is 0.0410 e. The summed E-state index contributed by atoms with van der Waals surface area (Å²) >= 11 is 9.42. The van der Waals surface area contributed by atoms with Crippen LogP contribution in [0.25, 0.3) is 0 Å². The van der Waals surface area contributed by atoms with Gasteiger partial charge in [-0.15, -0.1) is 0 Å². The summed E-state index contributed by atoms with van der Waals surface area (Å²) in [5, 5.41) is 7.28. The highest BCUT2D eigenvalue weighted by atomic mass is 79.9. The van der Waals surface area contributed by atoms with Gasteiger partial charge in [-0.05, 0) is 50.3 Å². The Labute approximate surface area is 105 Å². The van der Waals surface area contributed by atoms with Crippen molar-refractivity contribution in [2.24, 2.45) is 0 Å². The molecule has 2 N–H and O–H groups in total. The maximum atomic E-state index is 5.92. The molecule has 0 saturated heterocycles. The van der Waals surface area contributed by atoms with Gasteiger partial charge in [-0.3, -0.25) is 0 Å². The highest BCUT2D eigenvalue weighted by Crippen LogP contribution is 2.20. The van der Waals surface area contributed by atoms with Gasteiger partial charge in [0.2, 0.25) is 0 Å². The first-order chi connectivity index (χ1) is 7.24. The highest BCUT2D eigenvalue weighted by molar-refractivity contribution is 9.10. The summed E-state index contributed by atoms with van der Waals surface area (Å²) in [5.41, 5.74) is 1.20. The van der Waals surface area contributed by atoms with Crippen molar-refractivity contribution >= 4 is 27.5 Å². The number of rotatable bonds is 6. The van der Waals surface area contributed by atoms with Gasteiger partial charge in [0.05, 0.1) is 0 Å². The van der Waals surface area contributed by atoms with E-state index in [2.05, 4.69) is 26.6 Å². The molecule has 0 aliphatic rings. The summed E-state index contributed by atoms with van der Waals surface area (Å²) in [7, 11) is 1.97. The molecule has 1 aromatic carbocycles. The lowest BCUT2D eigenvalue weighted by Crippen LogP contribution is -2.19. The van der Waals surface area contributed by atoms with Crippen molar-refractivity contribution in [2.75, 3.05) is 20.1 Å². The molecule has 0 saturated carbocycles. The molecular weight excluding hydrogens is 275 g/mol. The molecule has 0 unspecified atom stereocenters. The van der Waals surface area contributed by atoms with Crippen molar-refractivity contribution in [3.05, 3.63) is 33.3 Å². The Kier molecular flexibility index (Phi) is 6.25. The van der Waals surface area contributed by atoms with Crippen LogP contribution in [0.15, 0.2) is 22.7 Å². The monoisotopic (exact) mass is 290 g/mol. The summed E-state index contributed by atoms with van der Waals surface area (Å²) in [6, 6.07) is 5.85. The van der Waals surface area contributed by atoms with Gasteiger partial charge in [0, 0.05) is 16.0 Å². The number of halogens is 2. The SMILES string of the molecule is CNCCCNCc1cc(Cl)ccc1Br. The summed E-state index contributed by atoms with van der Waals surface area (Å²) in [6.07, 6.45) is 1.13. The van der Waals surface area contributed by atoms with Gasteiger partial charge in [0.1, 0.15) is 0 Å². The van der Waals surface area contributed by atoms with Crippen molar-refractivity contribution in [2.45, 2.75) is 13.0 Å². The molecule has 0 amide bonds. The van der Waals surface area contributed by atoms with Crippen LogP contribution in [0.1, 0.15) is 12.0 Å². The Balaban J connectivity index is 2.33. The fraction of sp³-hybridized carbons (Fsp3) is 0.455. The third-order valence-electron chi connectivity index (χ3n) is 2.10. The third-order valence-corrected chi connectivity index (χ3v) is 3.11. The van der Waals surface area contributed by atoms with E-state index in [4.69, 9.17) is 11.6 Å². The minimum atomic E-state index is 0.783. The van der Waals surface area contributed by atoms with Crippen molar-refractivity contribution in [1.82, 2.24) is 10.6 Å². The molecule has 0 fully saturated rings. The van der Waals surface area contributed by atoms with Crippen molar-refractivity contribution in [3.8, 4) is 0 Å². The summed E-state index contributed by atoms with van der Waals surface area (Å²) in [6.45, 7) is 2.91. The average molecular weight is 292 g/mol. The molecule has 0 aliphatic heterocycles. The van der Waals surface area contributed by atoms with Crippen molar-refractivity contribution < 1.29 is 0 Å². The second kappa shape index (κ2) is 7.23. The number of hydrogen-bond acceptors (Lipinski definition) is 2. The van der Waals surface area contributed by atoms with Gasteiger partial charge in [-0.25, -0.2) is 0 Å². The van der Waals surface area contributed by atoms with Gasteiger partial charge in [-0.1, -0.05) is 27.5 Å². The van der Waals surface area contributed by atoms with Crippen LogP contribution in [0.5, 0.6) is 0 Å². The van der Waals surface area contributed by atoms with E-state index >= 15 is 0 Å². The Morgan fingerprint density at radius 2 is 2.13 bits per heavy atom. The highest BCUT2D eigenvalue weighted by Gasteiger charge is 1.99. The Morgan fingerprint density at radius 1 is 1.33 bits per heavy atom. The average Bonchev–Trinajstić information content (AvgIpc) is 2.23. The lowest BCUT2D eigenvalue weighted by Gasteiger charge is -2.07. The quantitative estimate of drug-likeness (QED) is 0.788. The summed E-state index contributed by atoms with van der Waals surface area (Å²) in [5.74, 6) is 0. The molecule has 0 radical (unpaired) electrons. The first-order valence-electron chi connectivity index (χ1n) is 5.03. The van der Waals surface area contributed by atoms with Gasteiger partial charge in [0.15, 0.2) is 0 Å². The van der Waals surface area contributed by atoms with Gasteiger partial charge in [0.25, 0.3) is 0 Å². The van der Waals surface area contributed by atoms with Crippen LogP contribution in [-0.4, -0.2) is 20.1 Å². The molecule has 84 valence electrons. The molecule has 0 bridgehead atoms. The maximum absolute atomic E-state index is 5.92. The van der Waals surface area contributed by atoms with E-state index in [-0.39, 0.29) is 0 Å². The molecule has 4 heteroatoms. The van der Waals surface area contributed by atoms with Crippen LogP contribution in [0, 0.1) is 0 Å². The van der Waals surface area contributed by atoms with E-state index in [9.17, 15) is 0 Å². The second-order valence-corrected chi connectivity index (χ2v) is 4.66. The molecule has 0 atom stereocenters. The Hall–Kier alpha value is -0.0900. The fourth-order valence-electron chi connectivity index (χ4n) is 1.29. The molecule has 0 aromatic heterocycles. The largest absolute Gasteiger partial charge is 0.320 e.